The van der Waals surface area contributed by atoms with E-state index >= 15 is 0 Å². The van der Waals surface area contributed by atoms with E-state index in [4.69, 9.17) is 10.5 Å². The molecule has 1 heterocycles. The molecule has 2 aromatic rings. The second kappa shape index (κ2) is 7.57. The largest absolute Gasteiger partial charge is 0.462 e. The number of carbonyl (C=O) groups excluding carboxylic acids is 1. The number of esters is 1. The van der Waals surface area contributed by atoms with Gasteiger partial charge in [0.05, 0.1) is 17.1 Å². The van der Waals surface area contributed by atoms with Crippen molar-refractivity contribution in [2.45, 2.75) is 23.8 Å². The summed E-state index contributed by atoms with van der Waals surface area (Å²) in [5, 5.41) is 0. The van der Waals surface area contributed by atoms with Crippen molar-refractivity contribution in [3.05, 3.63) is 65.7 Å². The number of rotatable bonds is 5. The Morgan fingerprint density at radius 1 is 1.15 bits per heavy atom. The molecule has 2 aromatic carbocycles. The van der Waals surface area contributed by atoms with E-state index in [-0.39, 0.29) is 35.6 Å². The molecule has 2 N–H and O–H groups in total. The molecule has 138 valence electrons. The third-order valence-corrected chi connectivity index (χ3v) is 6.37. The number of nitrogens with two attached hydrogens (primary N) is 1. The van der Waals surface area contributed by atoms with Crippen LogP contribution in [0, 0.1) is 0 Å². The van der Waals surface area contributed by atoms with Crippen molar-refractivity contribution in [2.24, 2.45) is 5.73 Å². The molecule has 1 saturated heterocycles. The first kappa shape index (κ1) is 18.6. The number of nitrogens with zero attached hydrogens (tertiary/aromatic N) is 1. The molecule has 0 bridgehead atoms. The van der Waals surface area contributed by atoms with E-state index in [1.165, 1.54) is 16.4 Å². The fraction of sp³-hybridized carbons (Fsp3) is 0.316. The Hall–Kier alpha value is -2.22. The first-order valence-corrected chi connectivity index (χ1v) is 9.95. The van der Waals surface area contributed by atoms with Crippen LogP contribution >= 0.6 is 0 Å². The topological polar surface area (TPSA) is 89.7 Å². The Balaban J connectivity index is 1.85. The summed E-state index contributed by atoms with van der Waals surface area (Å²) in [6, 6.07) is 15.3. The summed E-state index contributed by atoms with van der Waals surface area (Å²) in [7, 11) is -3.74. The highest BCUT2D eigenvalue weighted by Gasteiger charge is 2.38. The van der Waals surface area contributed by atoms with Crippen molar-refractivity contribution < 1.29 is 17.9 Å². The zero-order valence-electron chi connectivity index (χ0n) is 14.5. The molecule has 0 saturated carbocycles. The third kappa shape index (κ3) is 3.65. The van der Waals surface area contributed by atoms with Crippen molar-refractivity contribution in [3.63, 3.8) is 0 Å². The van der Waals surface area contributed by atoms with Gasteiger partial charge in [-0.1, -0.05) is 36.4 Å². The Labute approximate surface area is 153 Å². The molecule has 1 aliphatic rings. The first-order valence-electron chi connectivity index (χ1n) is 8.51. The number of hydrogen-bond acceptors (Lipinski definition) is 5. The van der Waals surface area contributed by atoms with E-state index in [1.54, 1.807) is 19.1 Å². The van der Waals surface area contributed by atoms with E-state index in [0.29, 0.717) is 6.54 Å². The molecule has 6 nitrogen and oxygen atoms in total. The van der Waals surface area contributed by atoms with Gasteiger partial charge in [0.15, 0.2) is 0 Å². The lowest BCUT2D eigenvalue weighted by atomic mass is 9.95. The average Bonchev–Trinajstić information content (AvgIpc) is 3.05. The maximum atomic E-state index is 13.0. The SMILES string of the molecule is CCOC(=O)c1cccc(S(=O)(=O)N2C[C@@H](N)[C@H](c3ccccc3)C2)c1. The molecule has 7 heteroatoms. The fourth-order valence-corrected chi connectivity index (χ4v) is 4.74. The lowest BCUT2D eigenvalue weighted by Crippen LogP contribution is -2.32. The molecular formula is C19H22N2O4S. The highest BCUT2D eigenvalue weighted by Crippen LogP contribution is 2.30. The lowest BCUT2D eigenvalue weighted by molar-refractivity contribution is 0.0526. The maximum Gasteiger partial charge on any atom is 0.338 e. The number of sulfonamides is 1. The Bertz CT molecular complexity index is 883. The molecule has 1 fully saturated rings. The quantitative estimate of drug-likeness (QED) is 0.808. The predicted molar refractivity (Wildman–Crippen MR) is 98.3 cm³/mol. The van der Waals surface area contributed by atoms with Gasteiger partial charge in [0, 0.05) is 25.0 Å². The highest BCUT2D eigenvalue weighted by atomic mass is 32.2. The summed E-state index contributed by atoms with van der Waals surface area (Å²) < 4.78 is 32.3. The zero-order valence-corrected chi connectivity index (χ0v) is 15.4. The van der Waals surface area contributed by atoms with E-state index in [2.05, 4.69) is 0 Å². The van der Waals surface area contributed by atoms with Crippen LogP contribution in [-0.4, -0.2) is 44.4 Å². The molecule has 0 aromatic heterocycles. The van der Waals surface area contributed by atoms with E-state index in [1.807, 2.05) is 30.3 Å². The highest BCUT2D eigenvalue weighted by molar-refractivity contribution is 7.89. The average molecular weight is 374 g/mol. The molecule has 0 spiro atoms. The molecule has 0 amide bonds. The van der Waals surface area contributed by atoms with Gasteiger partial charge in [0.25, 0.3) is 0 Å². The van der Waals surface area contributed by atoms with Gasteiger partial charge in [0.1, 0.15) is 0 Å². The van der Waals surface area contributed by atoms with Crippen LogP contribution in [0.4, 0.5) is 0 Å². The van der Waals surface area contributed by atoms with E-state index < -0.39 is 16.0 Å². The maximum absolute atomic E-state index is 13.0. The smallest absolute Gasteiger partial charge is 0.338 e. The molecule has 0 radical (unpaired) electrons. The van der Waals surface area contributed by atoms with Crippen LogP contribution < -0.4 is 5.73 Å². The monoisotopic (exact) mass is 374 g/mol. The van der Waals surface area contributed by atoms with Crippen molar-refractivity contribution in [1.29, 1.82) is 0 Å². The molecular weight excluding hydrogens is 352 g/mol. The molecule has 0 unspecified atom stereocenters. The van der Waals surface area contributed by atoms with Gasteiger partial charge in [-0.2, -0.15) is 4.31 Å². The van der Waals surface area contributed by atoms with Crippen LogP contribution in [0.1, 0.15) is 28.8 Å². The molecule has 2 atom stereocenters. The summed E-state index contributed by atoms with van der Waals surface area (Å²) in [4.78, 5) is 12.0. The minimum absolute atomic E-state index is 0.0563. The number of benzene rings is 2. The van der Waals surface area contributed by atoms with Crippen LogP contribution in [-0.2, 0) is 14.8 Å². The summed E-state index contributed by atoms with van der Waals surface area (Å²) >= 11 is 0. The summed E-state index contributed by atoms with van der Waals surface area (Å²) in [5.74, 6) is -0.593. The number of hydrogen-bond donors (Lipinski definition) is 1. The normalized spacial score (nSPS) is 20.8. The van der Waals surface area contributed by atoms with Crippen molar-refractivity contribution in [1.82, 2.24) is 4.31 Å². The van der Waals surface area contributed by atoms with Crippen molar-refractivity contribution >= 4 is 16.0 Å². The lowest BCUT2D eigenvalue weighted by Gasteiger charge is -2.17. The van der Waals surface area contributed by atoms with Crippen LogP contribution in [0.15, 0.2) is 59.5 Å². The summed E-state index contributed by atoms with van der Waals surface area (Å²) in [5.41, 5.74) is 7.46. The van der Waals surface area contributed by atoms with Crippen LogP contribution in [0.3, 0.4) is 0 Å². The third-order valence-electron chi connectivity index (χ3n) is 4.54. The van der Waals surface area contributed by atoms with Gasteiger partial charge in [-0.25, -0.2) is 13.2 Å². The van der Waals surface area contributed by atoms with Crippen molar-refractivity contribution in [3.8, 4) is 0 Å². The minimum atomic E-state index is -3.74. The Morgan fingerprint density at radius 3 is 2.58 bits per heavy atom. The predicted octanol–water partition coefficient (Wildman–Crippen LogP) is 1.98. The van der Waals surface area contributed by atoms with E-state index in [9.17, 15) is 13.2 Å². The number of ether oxygens (including phenoxy) is 1. The standard InChI is InChI=1S/C19H22N2O4S/c1-2-25-19(22)15-9-6-10-16(11-15)26(23,24)21-12-17(18(20)13-21)14-7-4-3-5-8-14/h3-11,17-18H,2,12-13,20H2,1H3/t17-,18+/m0/s1. The second-order valence-corrected chi connectivity index (χ2v) is 8.19. The second-order valence-electron chi connectivity index (χ2n) is 6.25. The van der Waals surface area contributed by atoms with Gasteiger partial charge < -0.3 is 10.5 Å². The van der Waals surface area contributed by atoms with Gasteiger partial charge >= 0.3 is 5.97 Å². The molecule has 26 heavy (non-hydrogen) atoms. The molecule has 3 rings (SSSR count). The fourth-order valence-electron chi connectivity index (χ4n) is 3.19. The first-order chi connectivity index (χ1) is 12.4. The zero-order chi connectivity index (χ0) is 18.7. The van der Waals surface area contributed by atoms with Gasteiger partial charge in [-0.05, 0) is 30.7 Å². The van der Waals surface area contributed by atoms with Gasteiger partial charge in [-0.15, -0.1) is 0 Å². The summed E-state index contributed by atoms with van der Waals surface area (Å²) in [6.07, 6.45) is 0. The Kier molecular flexibility index (Phi) is 5.41. The molecule has 1 aliphatic heterocycles. The minimum Gasteiger partial charge on any atom is -0.462 e. The Morgan fingerprint density at radius 2 is 1.88 bits per heavy atom. The van der Waals surface area contributed by atoms with Gasteiger partial charge in [0.2, 0.25) is 10.0 Å². The number of carbonyl (C=O) groups is 1. The molecule has 0 aliphatic carbocycles. The van der Waals surface area contributed by atoms with Crippen LogP contribution in [0.25, 0.3) is 0 Å². The van der Waals surface area contributed by atoms with E-state index in [0.717, 1.165) is 5.56 Å². The van der Waals surface area contributed by atoms with Gasteiger partial charge in [-0.3, -0.25) is 0 Å². The van der Waals surface area contributed by atoms with Crippen molar-refractivity contribution in [2.75, 3.05) is 19.7 Å². The van der Waals surface area contributed by atoms with Crippen LogP contribution in [0.2, 0.25) is 0 Å². The van der Waals surface area contributed by atoms with Crippen LogP contribution in [0.5, 0.6) is 0 Å². The summed E-state index contributed by atoms with van der Waals surface area (Å²) in [6.45, 7) is 2.49.